The third kappa shape index (κ3) is 4.52. The van der Waals surface area contributed by atoms with E-state index >= 15 is 0 Å². The van der Waals surface area contributed by atoms with Crippen molar-refractivity contribution in [3.05, 3.63) is 53.3 Å². The molecule has 1 aromatic heterocycles. The molecule has 2 N–H and O–H groups in total. The van der Waals surface area contributed by atoms with E-state index in [-0.39, 0.29) is 11.9 Å². The summed E-state index contributed by atoms with van der Waals surface area (Å²) in [4.78, 5) is 21.3. The summed E-state index contributed by atoms with van der Waals surface area (Å²) in [6.07, 6.45) is 2.75. The number of nitrogens with one attached hydrogen (secondary N) is 2. The van der Waals surface area contributed by atoms with Crippen molar-refractivity contribution in [2.75, 3.05) is 5.32 Å². The van der Waals surface area contributed by atoms with Crippen molar-refractivity contribution >= 4 is 11.9 Å². The van der Waals surface area contributed by atoms with Crippen LogP contribution in [0.5, 0.6) is 0 Å². The van der Waals surface area contributed by atoms with Gasteiger partial charge < -0.3 is 10.6 Å². The van der Waals surface area contributed by atoms with Gasteiger partial charge in [-0.25, -0.2) is 9.97 Å². The number of carbonyl (C=O) groups excluding carboxylic acids is 1. The van der Waals surface area contributed by atoms with E-state index < -0.39 is 0 Å². The van der Waals surface area contributed by atoms with Crippen molar-refractivity contribution in [2.24, 2.45) is 0 Å². The van der Waals surface area contributed by atoms with Gasteiger partial charge in [0.1, 0.15) is 6.04 Å². The number of nitrogens with zero attached hydrogens (tertiary/aromatic N) is 2. The van der Waals surface area contributed by atoms with Gasteiger partial charge in [0.2, 0.25) is 11.9 Å². The molecule has 5 nitrogen and oxygen atoms in total. The summed E-state index contributed by atoms with van der Waals surface area (Å²) >= 11 is 0. The summed E-state index contributed by atoms with van der Waals surface area (Å²) in [5, 5.41) is 6.27. The Kier molecular flexibility index (Phi) is 4.55. The van der Waals surface area contributed by atoms with Crippen LogP contribution in [0.3, 0.4) is 0 Å². The minimum Gasteiger partial charge on any atom is -0.352 e. The number of aromatic nitrogens is 2. The second-order valence-electron chi connectivity index (χ2n) is 6.14. The molecule has 1 aliphatic rings. The maximum Gasteiger partial charge on any atom is 0.243 e. The lowest BCUT2D eigenvalue weighted by Crippen LogP contribution is -2.42. The van der Waals surface area contributed by atoms with Gasteiger partial charge in [0.05, 0.1) is 0 Å². The highest BCUT2D eigenvalue weighted by Crippen LogP contribution is 2.19. The fourth-order valence-corrected chi connectivity index (χ4v) is 2.53. The van der Waals surface area contributed by atoms with Crippen LogP contribution in [0.25, 0.3) is 0 Å². The van der Waals surface area contributed by atoms with Crippen molar-refractivity contribution in [1.29, 1.82) is 0 Å². The normalized spacial score (nSPS) is 15.0. The summed E-state index contributed by atoms with van der Waals surface area (Å²) in [6.45, 7) is 3.85. The number of hydrogen-bond acceptors (Lipinski definition) is 4. The van der Waals surface area contributed by atoms with E-state index in [2.05, 4.69) is 20.6 Å². The van der Waals surface area contributed by atoms with Crippen LogP contribution in [-0.2, 0) is 11.2 Å². The summed E-state index contributed by atoms with van der Waals surface area (Å²) in [5.41, 5.74) is 2.89. The monoisotopic (exact) mass is 310 g/mol. The molecule has 0 bridgehead atoms. The third-order valence-electron chi connectivity index (χ3n) is 3.81. The maximum atomic E-state index is 12.5. The van der Waals surface area contributed by atoms with Gasteiger partial charge in [0.25, 0.3) is 0 Å². The summed E-state index contributed by atoms with van der Waals surface area (Å²) in [6, 6.07) is 11.9. The fraction of sp³-hybridized carbons (Fsp3) is 0.389. The second kappa shape index (κ2) is 6.77. The molecule has 2 aromatic rings. The average molecular weight is 310 g/mol. The molecule has 120 valence electrons. The summed E-state index contributed by atoms with van der Waals surface area (Å²) in [7, 11) is 0. The lowest BCUT2D eigenvalue weighted by atomic mass is 10.1. The number of rotatable bonds is 6. The van der Waals surface area contributed by atoms with Crippen LogP contribution in [0.1, 0.15) is 29.8 Å². The molecule has 1 fully saturated rings. The number of aryl methyl sites for hydroxylation is 2. The van der Waals surface area contributed by atoms with Crippen LogP contribution in [0.4, 0.5) is 5.95 Å². The molecule has 0 saturated heterocycles. The van der Waals surface area contributed by atoms with E-state index in [0.717, 1.165) is 29.8 Å². The van der Waals surface area contributed by atoms with Crippen LogP contribution in [0.2, 0.25) is 0 Å². The SMILES string of the molecule is Cc1cc(C)nc(NC(Cc2ccccc2)C(=O)NC2CC2)n1. The molecule has 23 heavy (non-hydrogen) atoms. The maximum absolute atomic E-state index is 12.5. The van der Waals surface area contributed by atoms with Crippen molar-refractivity contribution < 1.29 is 4.79 Å². The van der Waals surface area contributed by atoms with Crippen molar-refractivity contribution in [3.63, 3.8) is 0 Å². The van der Waals surface area contributed by atoms with Gasteiger partial charge in [-0.1, -0.05) is 30.3 Å². The van der Waals surface area contributed by atoms with Gasteiger partial charge in [0.15, 0.2) is 0 Å². The van der Waals surface area contributed by atoms with E-state index in [9.17, 15) is 4.79 Å². The number of amides is 1. The molecule has 3 rings (SSSR count). The third-order valence-corrected chi connectivity index (χ3v) is 3.81. The van der Waals surface area contributed by atoms with E-state index in [1.54, 1.807) is 0 Å². The molecular formula is C18H22N4O. The topological polar surface area (TPSA) is 66.9 Å². The zero-order chi connectivity index (χ0) is 16.2. The van der Waals surface area contributed by atoms with Gasteiger partial charge in [-0.3, -0.25) is 4.79 Å². The molecule has 1 unspecified atom stereocenters. The Morgan fingerprint density at radius 1 is 1.17 bits per heavy atom. The van der Waals surface area contributed by atoms with Crippen LogP contribution in [0, 0.1) is 13.8 Å². The molecule has 1 heterocycles. The molecule has 0 aliphatic heterocycles. The Labute approximate surface area is 136 Å². The zero-order valence-corrected chi connectivity index (χ0v) is 13.5. The Hall–Kier alpha value is -2.43. The van der Waals surface area contributed by atoms with E-state index in [4.69, 9.17) is 0 Å². The lowest BCUT2D eigenvalue weighted by molar-refractivity contribution is -0.122. The van der Waals surface area contributed by atoms with Crippen LogP contribution < -0.4 is 10.6 Å². The highest BCUT2D eigenvalue weighted by atomic mass is 16.2. The summed E-state index contributed by atoms with van der Waals surface area (Å²) < 4.78 is 0. The zero-order valence-electron chi connectivity index (χ0n) is 13.5. The summed E-state index contributed by atoms with van der Waals surface area (Å²) in [5.74, 6) is 0.522. The van der Waals surface area contributed by atoms with Crippen LogP contribution in [-0.4, -0.2) is 28.0 Å². The molecule has 5 heteroatoms. The number of benzene rings is 1. The molecular weight excluding hydrogens is 288 g/mol. The first kappa shape index (κ1) is 15.5. The molecule has 1 saturated carbocycles. The Morgan fingerprint density at radius 3 is 2.43 bits per heavy atom. The minimum atomic E-state index is -0.376. The first-order valence-corrected chi connectivity index (χ1v) is 8.03. The first-order chi connectivity index (χ1) is 11.1. The van der Waals surface area contributed by atoms with Crippen LogP contribution >= 0.6 is 0 Å². The molecule has 1 amide bonds. The van der Waals surface area contributed by atoms with Crippen molar-refractivity contribution in [3.8, 4) is 0 Å². The second-order valence-corrected chi connectivity index (χ2v) is 6.14. The van der Waals surface area contributed by atoms with Gasteiger partial charge in [-0.05, 0) is 38.3 Å². The van der Waals surface area contributed by atoms with E-state index in [1.807, 2.05) is 50.2 Å². The predicted octanol–water partition coefficient (Wildman–Crippen LogP) is 2.40. The Morgan fingerprint density at radius 2 is 1.83 bits per heavy atom. The quantitative estimate of drug-likeness (QED) is 0.860. The average Bonchev–Trinajstić information content (AvgIpc) is 3.30. The minimum absolute atomic E-state index is 0.0131. The predicted molar refractivity (Wildman–Crippen MR) is 90.2 cm³/mol. The molecule has 1 atom stereocenters. The Balaban J connectivity index is 1.77. The van der Waals surface area contributed by atoms with Crippen molar-refractivity contribution in [1.82, 2.24) is 15.3 Å². The largest absolute Gasteiger partial charge is 0.352 e. The molecule has 1 aliphatic carbocycles. The van der Waals surface area contributed by atoms with Gasteiger partial charge >= 0.3 is 0 Å². The molecule has 1 aromatic carbocycles. The highest BCUT2D eigenvalue weighted by molar-refractivity contribution is 5.85. The standard InChI is InChI=1S/C18H22N4O/c1-12-10-13(2)20-18(19-12)22-16(17(23)21-15-8-9-15)11-14-6-4-3-5-7-14/h3-7,10,15-16H,8-9,11H2,1-2H3,(H,21,23)(H,19,20,22). The van der Waals surface area contributed by atoms with Crippen LogP contribution in [0.15, 0.2) is 36.4 Å². The fourth-order valence-electron chi connectivity index (χ4n) is 2.53. The number of hydrogen-bond donors (Lipinski definition) is 2. The smallest absolute Gasteiger partial charge is 0.243 e. The van der Waals surface area contributed by atoms with Crippen molar-refractivity contribution in [2.45, 2.75) is 45.2 Å². The first-order valence-electron chi connectivity index (χ1n) is 8.03. The number of carbonyl (C=O) groups is 1. The van der Waals surface area contributed by atoms with E-state index in [1.165, 1.54) is 0 Å². The number of anilines is 1. The molecule has 0 radical (unpaired) electrons. The Bertz CT molecular complexity index is 662. The van der Waals surface area contributed by atoms with Gasteiger partial charge in [-0.15, -0.1) is 0 Å². The van der Waals surface area contributed by atoms with Gasteiger partial charge in [-0.2, -0.15) is 0 Å². The molecule has 0 spiro atoms. The van der Waals surface area contributed by atoms with E-state index in [0.29, 0.717) is 18.4 Å². The lowest BCUT2D eigenvalue weighted by Gasteiger charge is -2.19. The van der Waals surface area contributed by atoms with Gasteiger partial charge in [0, 0.05) is 23.9 Å². The highest BCUT2D eigenvalue weighted by Gasteiger charge is 2.28.